The lowest BCUT2D eigenvalue weighted by Gasteiger charge is -2.35. The summed E-state index contributed by atoms with van der Waals surface area (Å²) in [5.74, 6) is 1.88. The molecule has 2 aromatic carbocycles. The molecule has 0 bridgehead atoms. The molecule has 0 amide bonds. The fourth-order valence-electron chi connectivity index (χ4n) is 3.83. The molecular formula is C24H31ClN4. The number of fused-ring (bicyclic) bond motifs is 1. The van der Waals surface area contributed by atoms with Gasteiger partial charge in [0.2, 0.25) is 0 Å². The van der Waals surface area contributed by atoms with Gasteiger partial charge in [-0.05, 0) is 29.7 Å². The molecule has 1 fully saturated rings. The number of likely N-dealkylation sites (N-methyl/N-ethyl adjacent to an activating group) is 1. The number of rotatable bonds is 3. The van der Waals surface area contributed by atoms with Gasteiger partial charge in [0.15, 0.2) is 5.82 Å². The second-order valence-corrected chi connectivity index (χ2v) is 8.64. The molecule has 0 N–H and O–H groups in total. The van der Waals surface area contributed by atoms with E-state index in [9.17, 15) is 0 Å². The summed E-state index contributed by atoms with van der Waals surface area (Å²) in [7, 11) is 0. The molecule has 1 aromatic heterocycles. The van der Waals surface area contributed by atoms with Crippen LogP contribution in [0, 0.1) is 0 Å². The van der Waals surface area contributed by atoms with Crippen LogP contribution in [0.3, 0.4) is 0 Å². The number of hydrogen-bond acceptors (Lipinski definition) is 4. The van der Waals surface area contributed by atoms with E-state index < -0.39 is 0 Å². The molecule has 0 spiro atoms. The average Bonchev–Trinajstić information content (AvgIpc) is 2.72. The smallest absolute Gasteiger partial charge is 0.162 e. The minimum atomic E-state index is 0. The fourth-order valence-corrected chi connectivity index (χ4v) is 3.83. The molecule has 29 heavy (non-hydrogen) atoms. The predicted octanol–water partition coefficient (Wildman–Crippen LogP) is 5.16. The van der Waals surface area contributed by atoms with Gasteiger partial charge in [0.1, 0.15) is 5.82 Å². The first-order chi connectivity index (χ1) is 13.5. The van der Waals surface area contributed by atoms with Gasteiger partial charge in [0.05, 0.1) is 5.52 Å². The minimum Gasteiger partial charge on any atom is -0.353 e. The number of halogens is 1. The van der Waals surface area contributed by atoms with Crippen molar-refractivity contribution in [3.63, 3.8) is 0 Å². The Morgan fingerprint density at radius 3 is 2.14 bits per heavy atom. The van der Waals surface area contributed by atoms with Gasteiger partial charge in [-0.1, -0.05) is 64.1 Å². The van der Waals surface area contributed by atoms with Crippen LogP contribution in [0.1, 0.15) is 33.3 Å². The summed E-state index contributed by atoms with van der Waals surface area (Å²) >= 11 is 0. The van der Waals surface area contributed by atoms with Crippen LogP contribution >= 0.6 is 12.4 Å². The molecule has 0 atom stereocenters. The van der Waals surface area contributed by atoms with Crippen LogP contribution in [0.2, 0.25) is 0 Å². The van der Waals surface area contributed by atoms with Crippen LogP contribution in [0.4, 0.5) is 5.82 Å². The molecule has 0 radical (unpaired) electrons. The lowest BCUT2D eigenvalue weighted by Crippen LogP contribution is -2.46. The lowest BCUT2D eigenvalue weighted by atomic mass is 9.87. The van der Waals surface area contributed by atoms with Crippen LogP contribution in [-0.4, -0.2) is 47.6 Å². The molecule has 4 rings (SSSR count). The normalized spacial score (nSPS) is 15.4. The van der Waals surface area contributed by atoms with Gasteiger partial charge < -0.3 is 9.80 Å². The summed E-state index contributed by atoms with van der Waals surface area (Å²) < 4.78 is 0. The van der Waals surface area contributed by atoms with Gasteiger partial charge in [-0.25, -0.2) is 9.97 Å². The largest absolute Gasteiger partial charge is 0.353 e. The summed E-state index contributed by atoms with van der Waals surface area (Å²) in [4.78, 5) is 14.8. The summed E-state index contributed by atoms with van der Waals surface area (Å²) in [6, 6.07) is 17.1. The number of anilines is 1. The van der Waals surface area contributed by atoms with Crippen molar-refractivity contribution in [2.24, 2.45) is 0 Å². The maximum atomic E-state index is 5.03. The van der Waals surface area contributed by atoms with Crippen molar-refractivity contribution in [1.82, 2.24) is 14.9 Å². The zero-order chi connectivity index (χ0) is 19.7. The Balaban J connectivity index is 0.00000240. The Labute approximate surface area is 180 Å². The third-order valence-corrected chi connectivity index (χ3v) is 5.71. The number of nitrogens with zero attached hydrogens (tertiary/aromatic N) is 4. The van der Waals surface area contributed by atoms with Gasteiger partial charge in [-0.15, -0.1) is 12.4 Å². The monoisotopic (exact) mass is 410 g/mol. The minimum absolute atomic E-state index is 0. The van der Waals surface area contributed by atoms with Crippen LogP contribution in [0.5, 0.6) is 0 Å². The first kappa shape index (κ1) is 21.5. The van der Waals surface area contributed by atoms with Crippen molar-refractivity contribution in [2.75, 3.05) is 37.6 Å². The molecule has 1 aliphatic heterocycles. The number of piperazine rings is 1. The summed E-state index contributed by atoms with van der Waals surface area (Å²) in [5.41, 5.74) is 3.56. The zero-order valence-electron chi connectivity index (χ0n) is 17.9. The van der Waals surface area contributed by atoms with Crippen LogP contribution in [0.15, 0.2) is 48.5 Å². The third kappa shape index (κ3) is 4.54. The average molecular weight is 411 g/mol. The van der Waals surface area contributed by atoms with Crippen molar-refractivity contribution in [3.05, 3.63) is 54.1 Å². The number of para-hydroxylation sites is 1. The Morgan fingerprint density at radius 2 is 1.52 bits per heavy atom. The molecule has 2 heterocycles. The fraction of sp³-hybridized carbons (Fsp3) is 0.417. The van der Waals surface area contributed by atoms with E-state index in [1.165, 1.54) is 5.56 Å². The van der Waals surface area contributed by atoms with E-state index in [0.717, 1.165) is 60.8 Å². The van der Waals surface area contributed by atoms with E-state index in [1.807, 2.05) is 0 Å². The highest BCUT2D eigenvalue weighted by molar-refractivity contribution is 5.91. The summed E-state index contributed by atoms with van der Waals surface area (Å²) in [6.07, 6.45) is 0. The first-order valence-corrected chi connectivity index (χ1v) is 10.3. The molecule has 0 unspecified atom stereocenters. The zero-order valence-corrected chi connectivity index (χ0v) is 18.7. The van der Waals surface area contributed by atoms with E-state index in [1.54, 1.807) is 0 Å². The molecular weight excluding hydrogens is 380 g/mol. The highest BCUT2D eigenvalue weighted by Gasteiger charge is 2.20. The van der Waals surface area contributed by atoms with Gasteiger partial charge in [-0.2, -0.15) is 0 Å². The van der Waals surface area contributed by atoms with Crippen LogP contribution in [-0.2, 0) is 5.41 Å². The van der Waals surface area contributed by atoms with Crippen molar-refractivity contribution in [3.8, 4) is 11.4 Å². The molecule has 3 aromatic rings. The molecule has 154 valence electrons. The highest BCUT2D eigenvalue weighted by atomic mass is 35.5. The summed E-state index contributed by atoms with van der Waals surface area (Å²) in [6.45, 7) is 14.3. The van der Waals surface area contributed by atoms with E-state index in [2.05, 4.69) is 86.0 Å². The van der Waals surface area contributed by atoms with Gasteiger partial charge >= 0.3 is 0 Å². The van der Waals surface area contributed by atoms with E-state index in [4.69, 9.17) is 9.97 Å². The van der Waals surface area contributed by atoms with E-state index in [-0.39, 0.29) is 17.8 Å². The molecule has 5 heteroatoms. The van der Waals surface area contributed by atoms with E-state index in [0.29, 0.717) is 0 Å². The third-order valence-electron chi connectivity index (χ3n) is 5.71. The first-order valence-electron chi connectivity index (χ1n) is 10.3. The molecule has 1 saturated heterocycles. The Bertz CT molecular complexity index is 955. The molecule has 0 saturated carbocycles. The Kier molecular flexibility index (Phi) is 6.45. The highest BCUT2D eigenvalue weighted by Crippen LogP contribution is 2.30. The molecule has 0 aliphatic carbocycles. The van der Waals surface area contributed by atoms with Crippen LogP contribution < -0.4 is 4.90 Å². The van der Waals surface area contributed by atoms with Crippen molar-refractivity contribution < 1.29 is 0 Å². The maximum Gasteiger partial charge on any atom is 0.162 e. The predicted molar refractivity (Wildman–Crippen MR) is 125 cm³/mol. The summed E-state index contributed by atoms with van der Waals surface area (Å²) in [5, 5.41) is 1.14. The maximum absolute atomic E-state index is 5.03. The van der Waals surface area contributed by atoms with Gasteiger partial charge in [-0.3, -0.25) is 0 Å². The van der Waals surface area contributed by atoms with E-state index >= 15 is 0 Å². The lowest BCUT2D eigenvalue weighted by molar-refractivity contribution is 0.271. The SMILES string of the molecule is CCN1CCN(c2nc(-c3ccc(C(C)(C)C)cc3)nc3ccccc23)CC1.Cl. The van der Waals surface area contributed by atoms with Crippen molar-refractivity contribution in [1.29, 1.82) is 0 Å². The molecule has 4 nitrogen and oxygen atoms in total. The number of hydrogen-bond donors (Lipinski definition) is 0. The van der Waals surface area contributed by atoms with Crippen molar-refractivity contribution in [2.45, 2.75) is 33.1 Å². The standard InChI is InChI=1S/C24H30N4.ClH/c1-5-27-14-16-28(17-15-27)23-20-8-6-7-9-21(20)25-22(26-23)18-10-12-19(13-11-18)24(2,3)4;/h6-13H,5,14-17H2,1-4H3;1H. The topological polar surface area (TPSA) is 32.3 Å². The van der Waals surface area contributed by atoms with Gasteiger partial charge in [0.25, 0.3) is 0 Å². The number of aromatic nitrogens is 2. The molecule has 1 aliphatic rings. The quantitative estimate of drug-likeness (QED) is 0.597. The second kappa shape index (κ2) is 8.68. The van der Waals surface area contributed by atoms with Crippen molar-refractivity contribution >= 4 is 29.1 Å². The second-order valence-electron chi connectivity index (χ2n) is 8.64. The van der Waals surface area contributed by atoms with Gasteiger partial charge in [0, 0.05) is 37.1 Å². The number of benzene rings is 2. The Morgan fingerprint density at radius 1 is 0.862 bits per heavy atom. The van der Waals surface area contributed by atoms with Crippen LogP contribution in [0.25, 0.3) is 22.3 Å². The Hall–Kier alpha value is -2.17.